The number of aromatic nitrogens is 2. The fraction of sp³-hybridized carbons (Fsp3) is 0.462. The molecule has 3 aliphatic rings. The lowest BCUT2D eigenvalue weighted by Gasteiger charge is -2.21. The molecule has 2 aliphatic carbocycles. The molecule has 1 saturated heterocycles. The number of halogens is 1. The molecular formula is C26H30ClN5O. The quantitative estimate of drug-likeness (QED) is 0.444. The Morgan fingerprint density at radius 2 is 2.00 bits per heavy atom. The van der Waals surface area contributed by atoms with Gasteiger partial charge in [0.05, 0.1) is 21.7 Å². The highest BCUT2D eigenvalue weighted by atomic mass is 35.5. The molecule has 6 nitrogen and oxygen atoms in total. The molecule has 7 heteroatoms. The fourth-order valence-corrected chi connectivity index (χ4v) is 6.19. The highest BCUT2D eigenvalue weighted by Crippen LogP contribution is 2.48. The first kappa shape index (κ1) is 20.8. The second kappa shape index (κ2) is 8.56. The zero-order chi connectivity index (χ0) is 22.4. The Morgan fingerprint density at radius 1 is 1.12 bits per heavy atom. The van der Waals surface area contributed by atoms with E-state index in [4.69, 9.17) is 11.6 Å². The molecular weight excluding hydrogens is 434 g/mol. The first-order valence-electron chi connectivity index (χ1n) is 12.2. The van der Waals surface area contributed by atoms with E-state index in [1.165, 1.54) is 37.8 Å². The highest BCUT2D eigenvalue weighted by Gasteiger charge is 2.42. The lowest BCUT2D eigenvalue weighted by atomic mass is 9.88. The van der Waals surface area contributed by atoms with E-state index in [1.54, 1.807) is 0 Å². The number of imidazole rings is 1. The molecule has 2 saturated carbocycles. The summed E-state index contributed by atoms with van der Waals surface area (Å²) in [5.74, 6) is 2.44. The summed E-state index contributed by atoms with van der Waals surface area (Å²) in [5.41, 5.74) is 4.97. The zero-order valence-electron chi connectivity index (χ0n) is 18.7. The lowest BCUT2D eigenvalue weighted by Crippen LogP contribution is -2.33. The number of carbonyl (C=O) groups excluding carboxylic acids is 1. The first-order valence-corrected chi connectivity index (χ1v) is 12.6. The molecule has 2 heterocycles. The van der Waals surface area contributed by atoms with E-state index in [9.17, 15) is 4.79 Å². The third-order valence-electron chi connectivity index (χ3n) is 7.76. The lowest BCUT2D eigenvalue weighted by molar-refractivity contribution is -0.126. The van der Waals surface area contributed by atoms with Crippen molar-refractivity contribution in [3.05, 3.63) is 47.0 Å². The number of H-pyrrole nitrogens is 1. The third kappa shape index (κ3) is 4.17. The number of benzene rings is 2. The van der Waals surface area contributed by atoms with Gasteiger partial charge in [0.2, 0.25) is 11.9 Å². The van der Waals surface area contributed by atoms with Crippen LogP contribution < -0.4 is 15.5 Å². The molecule has 3 fully saturated rings. The van der Waals surface area contributed by atoms with Crippen molar-refractivity contribution in [2.75, 3.05) is 23.3 Å². The average molecular weight is 464 g/mol. The average Bonchev–Trinajstić information content (AvgIpc) is 3.63. The maximum Gasteiger partial charge on any atom is 0.223 e. The van der Waals surface area contributed by atoms with Crippen LogP contribution in [-0.4, -0.2) is 29.0 Å². The standard InChI is InChI=1S/C26H30ClN5O/c27-21-7-4-17(15-28-25(33)20-12-16-3-5-18(20)11-16)13-23(21)30-26-29-22-8-6-19(14-24(22)31-26)32-9-1-2-10-32/h4,6-8,13-14,16,18,20H,1-3,5,9-12,15H2,(H,28,33)(H2,29,30,31)/t16-,18+,20-/m1/s1. The van der Waals surface area contributed by atoms with Crippen LogP contribution in [0.5, 0.6) is 0 Å². The van der Waals surface area contributed by atoms with Crippen LogP contribution in [0.4, 0.5) is 17.3 Å². The number of fused-ring (bicyclic) bond motifs is 3. The molecule has 0 radical (unpaired) electrons. The van der Waals surface area contributed by atoms with Gasteiger partial charge in [-0.3, -0.25) is 4.79 Å². The Kier molecular flexibility index (Phi) is 5.41. The van der Waals surface area contributed by atoms with Crippen LogP contribution in [0.2, 0.25) is 5.02 Å². The van der Waals surface area contributed by atoms with Crippen molar-refractivity contribution in [2.24, 2.45) is 17.8 Å². The van der Waals surface area contributed by atoms with Gasteiger partial charge in [-0.15, -0.1) is 0 Å². The highest BCUT2D eigenvalue weighted by molar-refractivity contribution is 6.33. The molecule has 2 bridgehead atoms. The van der Waals surface area contributed by atoms with E-state index in [0.717, 1.165) is 47.7 Å². The second-order valence-corrected chi connectivity index (χ2v) is 10.3. The summed E-state index contributed by atoms with van der Waals surface area (Å²) < 4.78 is 0. The number of hydrogen-bond acceptors (Lipinski definition) is 4. The molecule has 3 N–H and O–H groups in total. The number of hydrogen-bond donors (Lipinski definition) is 3. The summed E-state index contributed by atoms with van der Waals surface area (Å²) in [6.07, 6.45) is 7.34. The molecule has 1 aromatic heterocycles. The van der Waals surface area contributed by atoms with Gasteiger partial charge >= 0.3 is 0 Å². The Labute approximate surface area is 199 Å². The summed E-state index contributed by atoms with van der Waals surface area (Å²) in [6, 6.07) is 12.2. The summed E-state index contributed by atoms with van der Waals surface area (Å²) >= 11 is 6.47. The van der Waals surface area contributed by atoms with Crippen molar-refractivity contribution in [3.63, 3.8) is 0 Å². The molecule has 0 spiro atoms. The third-order valence-corrected chi connectivity index (χ3v) is 8.09. The molecule has 0 unspecified atom stereocenters. The van der Waals surface area contributed by atoms with Crippen LogP contribution in [0, 0.1) is 17.8 Å². The normalized spacial score (nSPS) is 24.0. The van der Waals surface area contributed by atoms with Crippen molar-refractivity contribution in [1.29, 1.82) is 0 Å². The summed E-state index contributed by atoms with van der Waals surface area (Å²) in [4.78, 5) is 23.2. The second-order valence-electron chi connectivity index (χ2n) is 9.92. The van der Waals surface area contributed by atoms with Gasteiger partial charge in [0.15, 0.2) is 0 Å². The van der Waals surface area contributed by atoms with E-state index in [1.807, 2.05) is 18.2 Å². The molecule has 6 rings (SSSR count). The monoisotopic (exact) mass is 463 g/mol. The van der Waals surface area contributed by atoms with Crippen LogP contribution in [0.3, 0.4) is 0 Å². The Hall–Kier alpha value is -2.73. The largest absolute Gasteiger partial charge is 0.371 e. The van der Waals surface area contributed by atoms with Crippen molar-refractivity contribution in [2.45, 2.75) is 45.1 Å². The van der Waals surface area contributed by atoms with Crippen LogP contribution in [0.25, 0.3) is 11.0 Å². The maximum absolute atomic E-state index is 12.7. The van der Waals surface area contributed by atoms with Gasteiger partial charge in [-0.25, -0.2) is 4.98 Å². The molecule has 2 aromatic carbocycles. The van der Waals surface area contributed by atoms with Crippen molar-refractivity contribution in [3.8, 4) is 0 Å². The van der Waals surface area contributed by atoms with E-state index in [2.05, 4.69) is 43.7 Å². The number of rotatable bonds is 6. The van der Waals surface area contributed by atoms with E-state index in [0.29, 0.717) is 23.4 Å². The fourth-order valence-electron chi connectivity index (χ4n) is 6.02. The van der Waals surface area contributed by atoms with E-state index >= 15 is 0 Å². The van der Waals surface area contributed by atoms with Crippen LogP contribution in [0.1, 0.15) is 44.1 Å². The van der Waals surface area contributed by atoms with Gasteiger partial charge in [0.25, 0.3) is 0 Å². The summed E-state index contributed by atoms with van der Waals surface area (Å²) in [6.45, 7) is 2.75. The summed E-state index contributed by atoms with van der Waals surface area (Å²) in [7, 11) is 0. The molecule has 172 valence electrons. The van der Waals surface area contributed by atoms with Gasteiger partial charge in [0, 0.05) is 31.2 Å². The van der Waals surface area contributed by atoms with Crippen LogP contribution in [-0.2, 0) is 11.3 Å². The minimum Gasteiger partial charge on any atom is -0.371 e. The molecule has 3 aromatic rings. The molecule has 1 aliphatic heterocycles. The number of nitrogens with zero attached hydrogens (tertiary/aromatic N) is 2. The van der Waals surface area contributed by atoms with Gasteiger partial charge in [-0.05, 0) is 79.8 Å². The Morgan fingerprint density at radius 3 is 2.79 bits per heavy atom. The van der Waals surface area contributed by atoms with Gasteiger partial charge < -0.3 is 20.5 Å². The van der Waals surface area contributed by atoms with Gasteiger partial charge in [-0.1, -0.05) is 24.1 Å². The Bertz CT molecular complexity index is 1180. The molecule has 3 atom stereocenters. The predicted octanol–water partition coefficient (Wildman–Crippen LogP) is 5.61. The van der Waals surface area contributed by atoms with E-state index < -0.39 is 0 Å². The minimum absolute atomic E-state index is 0.203. The number of amides is 1. The number of nitrogens with one attached hydrogen (secondary N) is 3. The van der Waals surface area contributed by atoms with Crippen molar-refractivity contribution >= 4 is 45.9 Å². The van der Waals surface area contributed by atoms with Crippen LogP contribution >= 0.6 is 11.6 Å². The van der Waals surface area contributed by atoms with Gasteiger partial charge in [0.1, 0.15) is 0 Å². The molecule has 1 amide bonds. The molecule has 33 heavy (non-hydrogen) atoms. The first-order chi connectivity index (χ1) is 16.1. The summed E-state index contributed by atoms with van der Waals surface area (Å²) in [5, 5.41) is 7.11. The van der Waals surface area contributed by atoms with Crippen LogP contribution in [0.15, 0.2) is 36.4 Å². The van der Waals surface area contributed by atoms with E-state index in [-0.39, 0.29) is 11.8 Å². The number of carbonyl (C=O) groups is 1. The predicted molar refractivity (Wildman–Crippen MR) is 133 cm³/mol. The number of anilines is 3. The van der Waals surface area contributed by atoms with Crippen molar-refractivity contribution < 1.29 is 4.79 Å². The topological polar surface area (TPSA) is 73.1 Å². The van der Waals surface area contributed by atoms with Gasteiger partial charge in [-0.2, -0.15) is 0 Å². The maximum atomic E-state index is 12.7. The van der Waals surface area contributed by atoms with Crippen molar-refractivity contribution in [1.82, 2.24) is 15.3 Å². The minimum atomic E-state index is 0.203. The smallest absolute Gasteiger partial charge is 0.223 e. The zero-order valence-corrected chi connectivity index (χ0v) is 19.5. The SMILES string of the molecule is O=C(NCc1ccc(Cl)c(Nc2nc3ccc(N4CCCC4)cc3[nH]2)c1)[C@@H]1C[C@@H]2CC[C@H]1C2. The Balaban J connectivity index is 1.14. The number of aromatic amines is 1.